The summed E-state index contributed by atoms with van der Waals surface area (Å²) in [6.07, 6.45) is 3.52. The second-order valence-electron chi connectivity index (χ2n) is 8.09. The van der Waals surface area contributed by atoms with Crippen LogP contribution in [0.4, 0.5) is 5.69 Å². The number of carbonyl (C=O) groups is 1. The van der Waals surface area contributed by atoms with Crippen LogP contribution in [0.25, 0.3) is 17.1 Å². The number of aromatic nitrogens is 4. The second-order valence-corrected chi connectivity index (χ2v) is 9.40. The standard InChI is InChI=1S/C26H27N5OS/c1-18(2)22-14-8-9-15-23(22)31-24(20-11-10-16-27-17-20)28-29-26(31)33-19(3)25(32)30(4)21-12-6-5-7-13-21/h5-19H,1-4H3. The molecule has 1 unspecified atom stereocenters. The first-order chi connectivity index (χ1) is 16.0. The van der Waals surface area contributed by atoms with Crippen molar-refractivity contribution in [3.8, 4) is 17.1 Å². The van der Waals surface area contributed by atoms with Gasteiger partial charge in [-0.05, 0) is 48.7 Å². The first-order valence-electron chi connectivity index (χ1n) is 10.9. The Morgan fingerprint density at radius 1 is 0.939 bits per heavy atom. The monoisotopic (exact) mass is 457 g/mol. The molecule has 7 heteroatoms. The van der Waals surface area contributed by atoms with E-state index < -0.39 is 0 Å². The fourth-order valence-corrected chi connectivity index (χ4v) is 4.64. The van der Waals surface area contributed by atoms with Gasteiger partial charge in [-0.15, -0.1) is 10.2 Å². The molecule has 1 amide bonds. The molecule has 2 aromatic carbocycles. The third kappa shape index (κ3) is 4.83. The van der Waals surface area contributed by atoms with Crippen molar-refractivity contribution in [2.75, 3.05) is 11.9 Å². The quantitative estimate of drug-likeness (QED) is 0.338. The van der Waals surface area contributed by atoms with Crippen LogP contribution in [-0.4, -0.2) is 38.0 Å². The summed E-state index contributed by atoms with van der Waals surface area (Å²) in [7, 11) is 1.80. The van der Waals surface area contributed by atoms with Gasteiger partial charge in [-0.2, -0.15) is 0 Å². The third-order valence-corrected chi connectivity index (χ3v) is 6.49. The molecule has 0 saturated heterocycles. The summed E-state index contributed by atoms with van der Waals surface area (Å²) in [5, 5.41) is 9.32. The van der Waals surface area contributed by atoms with Crippen LogP contribution in [0.5, 0.6) is 0 Å². The smallest absolute Gasteiger partial charge is 0.240 e. The molecule has 2 heterocycles. The summed E-state index contributed by atoms with van der Waals surface area (Å²) in [6.45, 7) is 6.24. The molecule has 0 spiro atoms. The normalized spacial score (nSPS) is 12.0. The van der Waals surface area contributed by atoms with Gasteiger partial charge in [0.05, 0.1) is 10.9 Å². The van der Waals surface area contributed by atoms with Crippen molar-refractivity contribution >= 4 is 23.4 Å². The molecule has 0 saturated carbocycles. The zero-order valence-corrected chi connectivity index (χ0v) is 20.0. The van der Waals surface area contributed by atoms with Crippen molar-refractivity contribution < 1.29 is 4.79 Å². The van der Waals surface area contributed by atoms with Crippen molar-refractivity contribution in [1.82, 2.24) is 19.7 Å². The van der Waals surface area contributed by atoms with E-state index in [9.17, 15) is 4.79 Å². The van der Waals surface area contributed by atoms with E-state index >= 15 is 0 Å². The van der Waals surface area contributed by atoms with Gasteiger partial charge in [-0.1, -0.05) is 62.0 Å². The molecule has 33 heavy (non-hydrogen) atoms. The minimum Gasteiger partial charge on any atom is -0.315 e. The number of benzene rings is 2. The Morgan fingerprint density at radius 2 is 1.67 bits per heavy atom. The summed E-state index contributed by atoms with van der Waals surface area (Å²) in [6, 6.07) is 21.8. The minimum absolute atomic E-state index is 0.000762. The van der Waals surface area contributed by atoms with Gasteiger partial charge < -0.3 is 4.90 Å². The van der Waals surface area contributed by atoms with Crippen molar-refractivity contribution in [1.29, 1.82) is 0 Å². The van der Waals surface area contributed by atoms with Gasteiger partial charge in [0.25, 0.3) is 0 Å². The van der Waals surface area contributed by atoms with Gasteiger partial charge >= 0.3 is 0 Å². The molecule has 2 aromatic heterocycles. The molecule has 4 aromatic rings. The molecule has 0 aliphatic rings. The topological polar surface area (TPSA) is 63.9 Å². The highest BCUT2D eigenvalue weighted by atomic mass is 32.2. The molecule has 1 atom stereocenters. The van der Waals surface area contributed by atoms with E-state index in [4.69, 9.17) is 0 Å². The highest BCUT2D eigenvalue weighted by molar-refractivity contribution is 8.00. The fraction of sp³-hybridized carbons (Fsp3) is 0.231. The molecule has 0 bridgehead atoms. The number of nitrogens with zero attached hydrogens (tertiary/aromatic N) is 5. The van der Waals surface area contributed by atoms with Crippen LogP contribution in [0.3, 0.4) is 0 Å². The van der Waals surface area contributed by atoms with Crippen LogP contribution >= 0.6 is 11.8 Å². The molecule has 0 radical (unpaired) electrons. The second kappa shape index (κ2) is 10.0. The van der Waals surface area contributed by atoms with E-state index in [0.717, 1.165) is 16.9 Å². The molecule has 0 aliphatic carbocycles. The predicted molar refractivity (Wildman–Crippen MR) is 134 cm³/mol. The molecule has 4 rings (SSSR count). The van der Waals surface area contributed by atoms with Crippen LogP contribution in [0.15, 0.2) is 84.3 Å². The fourth-order valence-electron chi connectivity index (χ4n) is 3.68. The zero-order valence-electron chi connectivity index (χ0n) is 19.2. The van der Waals surface area contributed by atoms with Gasteiger partial charge in [0, 0.05) is 30.7 Å². The maximum atomic E-state index is 13.2. The van der Waals surface area contributed by atoms with Crippen molar-refractivity contribution in [3.05, 3.63) is 84.7 Å². The number of pyridine rings is 1. The van der Waals surface area contributed by atoms with E-state index in [1.54, 1.807) is 24.3 Å². The molecule has 0 aliphatic heterocycles. The number of thioether (sulfide) groups is 1. The van der Waals surface area contributed by atoms with Crippen LogP contribution < -0.4 is 4.90 Å². The lowest BCUT2D eigenvalue weighted by Gasteiger charge is -2.22. The molecule has 6 nitrogen and oxygen atoms in total. The Bertz CT molecular complexity index is 1220. The lowest BCUT2D eigenvalue weighted by atomic mass is 10.0. The van der Waals surface area contributed by atoms with E-state index in [1.807, 2.05) is 66.1 Å². The number of amides is 1. The minimum atomic E-state index is -0.355. The SMILES string of the molecule is CC(Sc1nnc(-c2cccnc2)n1-c1ccccc1C(C)C)C(=O)N(C)c1ccccc1. The zero-order chi connectivity index (χ0) is 23.4. The number of para-hydroxylation sites is 2. The highest BCUT2D eigenvalue weighted by Crippen LogP contribution is 2.34. The van der Waals surface area contributed by atoms with Crippen LogP contribution in [0.1, 0.15) is 32.3 Å². The summed E-state index contributed by atoms with van der Waals surface area (Å²) < 4.78 is 2.04. The Morgan fingerprint density at radius 3 is 2.36 bits per heavy atom. The first kappa shape index (κ1) is 22.7. The van der Waals surface area contributed by atoms with Crippen LogP contribution in [0.2, 0.25) is 0 Å². The lowest BCUT2D eigenvalue weighted by Crippen LogP contribution is -2.33. The maximum absolute atomic E-state index is 13.2. The van der Waals surface area contributed by atoms with Crippen LogP contribution in [-0.2, 0) is 4.79 Å². The van der Waals surface area contributed by atoms with Crippen molar-refractivity contribution in [2.24, 2.45) is 0 Å². The molecule has 0 N–H and O–H groups in total. The van der Waals surface area contributed by atoms with Gasteiger partial charge in [0.1, 0.15) is 0 Å². The number of carbonyl (C=O) groups excluding carboxylic acids is 1. The molecule has 168 valence electrons. The van der Waals surface area contributed by atoms with Gasteiger partial charge in [0.2, 0.25) is 5.91 Å². The predicted octanol–water partition coefficient (Wildman–Crippen LogP) is 5.60. The summed E-state index contributed by atoms with van der Waals surface area (Å²) in [4.78, 5) is 19.1. The summed E-state index contributed by atoms with van der Waals surface area (Å²) >= 11 is 1.41. The summed E-state index contributed by atoms with van der Waals surface area (Å²) in [5.74, 6) is 1.02. The molecular formula is C26H27N5OS. The number of anilines is 1. The summed E-state index contributed by atoms with van der Waals surface area (Å²) in [5.41, 5.74) is 3.92. The molecule has 0 fully saturated rings. The number of hydrogen-bond donors (Lipinski definition) is 0. The van der Waals surface area contributed by atoms with E-state index in [0.29, 0.717) is 16.9 Å². The van der Waals surface area contributed by atoms with E-state index in [1.165, 1.54) is 17.3 Å². The Balaban J connectivity index is 1.74. The largest absolute Gasteiger partial charge is 0.315 e. The molecular weight excluding hydrogens is 430 g/mol. The van der Waals surface area contributed by atoms with Crippen LogP contribution in [0, 0.1) is 0 Å². The van der Waals surface area contributed by atoms with Gasteiger partial charge in [-0.3, -0.25) is 14.3 Å². The highest BCUT2D eigenvalue weighted by Gasteiger charge is 2.25. The number of hydrogen-bond acceptors (Lipinski definition) is 5. The van der Waals surface area contributed by atoms with E-state index in [-0.39, 0.29) is 11.2 Å². The van der Waals surface area contributed by atoms with Gasteiger partial charge in [0.15, 0.2) is 11.0 Å². The third-order valence-electron chi connectivity index (χ3n) is 5.46. The Kier molecular flexibility index (Phi) is 6.89. The number of rotatable bonds is 7. The van der Waals surface area contributed by atoms with E-state index in [2.05, 4.69) is 41.2 Å². The van der Waals surface area contributed by atoms with Crippen molar-refractivity contribution in [3.63, 3.8) is 0 Å². The Hall–Kier alpha value is -3.45. The lowest BCUT2D eigenvalue weighted by molar-refractivity contribution is -0.117. The van der Waals surface area contributed by atoms with Gasteiger partial charge in [-0.25, -0.2) is 0 Å². The first-order valence-corrected chi connectivity index (χ1v) is 11.8. The average Bonchev–Trinajstić information content (AvgIpc) is 3.27. The average molecular weight is 458 g/mol. The maximum Gasteiger partial charge on any atom is 0.240 e. The van der Waals surface area contributed by atoms with Crippen molar-refractivity contribution in [2.45, 2.75) is 37.1 Å². The Labute approximate surface area is 198 Å².